The first kappa shape index (κ1) is 48.7. The summed E-state index contributed by atoms with van der Waals surface area (Å²) in [5.41, 5.74) is 7.82. The van der Waals surface area contributed by atoms with E-state index < -0.39 is 50.2 Å². The van der Waals surface area contributed by atoms with Crippen molar-refractivity contribution in [2.45, 2.75) is 122 Å². The number of aryl methyl sites for hydroxylation is 1. The van der Waals surface area contributed by atoms with Gasteiger partial charge < -0.3 is 34.0 Å². The Morgan fingerprint density at radius 3 is 2.54 bits per heavy atom. The van der Waals surface area contributed by atoms with Crippen molar-refractivity contribution in [3.05, 3.63) is 58.2 Å². The smallest absolute Gasteiger partial charge is 0.320 e. The lowest BCUT2D eigenvalue weighted by Crippen LogP contribution is -2.69. The van der Waals surface area contributed by atoms with Crippen molar-refractivity contribution in [2.24, 2.45) is 11.3 Å². The van der Waals surface area contributed by atoms with Gasteiger partial charge in [-0.15, -0.1) is 11.3 Å². The minimum Gasteiger partial charge on any atom is -0.378 e. The Kier molecular flexibility index (Phi) is 13.8. The van der Waals surface area contributed by atoms with Crippen LogP contribution in [-0.4, -0.2) is 137 Å². The van der Waals surface area contributed by atoms with Crippen LogP contribution in [0.2, 0.25) is 0 Å². The molecule has 0 saturated carbocycles. The largest absolute Gasteiger partial charge is 0.378 e. The molecule has 4 amide bonds. The molecule has 3 saturated heterocycles. The lowest BCUT2D eigenvalue weighted by molar-refractivity contribution is -0.147. The van der Waals surface area contributed by atoms with E-state index in [9.17, 15) is 27.6 Å². The zero-order valence-electron chi connectivity index (χ0n) is 40.1. The van der Waals surface area contributed by atoms with E-state index in [4.69, 9.17) is 19.4 Å². The first-order chi connectivity index (χ1) is 31.8. The second-order valence-corrected chi connectivity index (χ2v) is 23.4. The molecule has 4 aliphatic rings. The maximum Gasteiger partial charge on any atom is 0.320 e. The van der Waals surface area contributed by atoms with E-state index in [1.807, 2.05) is 32.2 Å². The average molecular weight is 959 g/mol. The number of sulfone groups is 1. The van der Waals surface area contributed by atoms with E-state index in [-0.39, 0.29) is 42.6 Å². The van der Waals surface area contributed by atoms with Gasteiger partial charge in [-0.2, -0.15) is 0 Å². The molecule has 67 heavy (non-hydrogen) atoms. The number of amides is 4. The van der Waals surface area contributed by atoms with E-state index in [1.54, 1.807) is 25.3 Å². The van der Waals surface area contributed by atoms with Crippen molar-refractivity contribution in [1.29, 1.82) is 0 Å². The minimum atomic E-state index is -3.15. The fourth-order valence-electron chi connectivity index (χ4n) is 10.7. The molecule has 0 aliphatic carbocycles. The zero-order chi connectivity index (χ0) is 48.1. The molecule has 8 rings (SSSR count). The summed E-state index contributed by atoms with van der Waals surface area (Å²) in [6.45, 7) is 14.0. The number of aromatic nitrogens is 3. The highest BCUT2D eigenvalue weighted by Gasteiger charge is 2.52. The van der Waals surface area contributed by atoms with Crippen LogP contribution in [0.5, 0.6) is 0 Å². The molecule has 4 aromatic rings. The van der Waals surface area contributed by atoms with Crippen molar-refractivity contribution in [2.75, 3.05) is 52.0 Å². The highest BCUT2D eigenvalue weighted by molar-refractivity contribution is 7.91. The highest BCUT2D eigenvalue weighted by atomic mass is 32.2. The Hall–Kier alpha value is -4.75. The third-order valence-electron chi connectivity index (χ3n) is 14.5. The maximum atomic E-state index is 14.8. The Morgan fingerprint density at radius 2 is 1.87 bits per heavy atom. The van der Waals surface area contributed by atoms with Gasteiger partial charge in [0.15, 0.2) is 0 Å². The van der Waals surface area contributed by atoms with Crippen molar-refractivity contribution < 1.29 is 37.1 Å². The van der Waals surface area contributed by atoms with Crippen LogP contribution in [0.15, 0.2) is 41.9 Å². The number of thiazole rings is 1. The monoisotopic (exact) mass is 958 g/mol. The van der Waals surface area contributed by atoms with Gasteiger partial charge in [0.2, 0.25) is 5.91 Å². The Labute approximate surface area is 398 Å². The first-order valence-corrected chi connectivity index (χ1v) is 26.3. The van der Waals surface area contributed by atoms with E-state index in [0.717, 1.165) is 51.0 Å². The molecule has 16 nitrogen and oxygen atoms in total. The molecule has 2 N–H and O–H groups in total. The summed E-state index contributed by atoms with van der Waals surface area (Å²) < 4.78 is 39.3. The molecule has 0 radical (unpaired) electrons. The van der Waals surface area contributed by atoms with E-state index in [2.05, 4.69) is 60.3 Å². The molecule has 6 bridgehead atoms. The number of nitrogens with one attached hydrogen (secondary N) is 2. The summed E-state index contributed by atoms with van der Waals surface area (Å²) in [7, 11) is 0.135. The number of benzene rings is 1. The molecule has 1 aromatic carbocycles. The number of carbonyl (C=O) groups excluding carboxylic acids is 4. The lowest BCUT2D eigenvalue weighted by Gasteiger charge is -2.56. The molecule has 4 aliphatic heterocycles. The highest BCUT2D eigenvalue weighted by Crippen LogP contribution is 2.43. The predicted octanol–water partition coefficient (Wildman–Crippen LogP) is 5.97. The van der Waals surface area contributed by atoms with Gasteiger partial charge in [0.25, 0.3) is 5.91 Å². The number of ether oxygens (including phenoxy) is 2. The van der Waals surface area contributed by atoms with Gasteiger partial charge in [-0.05, 0) is 93.5 Å². The topological polar surface area (TPSA) is 185 Å². The van der Waals surface area contributed by atoms with Gasteiger partial charge in [0, 0.05) is 79.4 Å². The summed E-state index contributed by atoms with van der Waals surface area (Å²) in [5.74, 6) is -1.22. The maximum absolute atomic E-state index is 14.8. The van der Waals surface area contributed by atoms with Gasteiger partial charge in [0.1, 0.15) is 33.7 Å². The van der Waals surface area contributed by atoms with Gasteiger partial charge in [-0.25, -0.2) is 23.6 Å². The molecule has 7 heterocycles. The molecule has 1 spiro atoms. The van der Waals surface area contributed by atoms with Gasteiger partial charge in [-0.3, -0.25) is 19.6 Å². The van der Waals surface area contributed by atoms with Crippen LogP contribution >= 0.6 is 11.3 Å². The van der Waals surface area contributed by atoms with Gasteiger partial charge >= 0.3 is 6.03 Å². The van der Waals surface area contributed by atoms with Crippen molar-refractivity contribution in [1.82, 2.24) is 40.1 Å². The van der Waals surface area contributed by atoms with Crippen LogP contribution in [0, 0.1) is 11.3 Å². The van der Waals surface area contributed by atoms with E-state index in [0.29, 0.717) is 69.8 Å². The Morgan fingerprint density at radius 1 is 1.10 bits per heavy atom. The molecule has 3 fully saturated rings. The Balaban J connectivity index is 1.16. The Bertz CT molecular complexity index is 2630. The number of pyridine rings is 1. The van der Waals surface area contributed by atoms with Gasteiger partial charge in [0.05, 0.1) is 52.9 Å². The molecular formula is C49H66N8O8S2. The fourth-order valence-corrected chi connectivity index (χ4v) is 13.1. The number of likely N-dealkylation sites (N-methyl/N-ethyl adjacent to an activating group) is 1. The standard InChI is InChI=1S/C49H66N8O8S2/c1-9-55-39-14-13-33-24-35(39)36(43(55)34-12-10-19-50-41(34)32(4)64-8)26-47(5,6)29-65-30-48(28-58)15-11-20-57(53-48)45(60)37(25-40-51-38(33)27-66-40)52-44(59)42(31(2)3)54(7)46(61)56-21-16-49(56)17-22-67(62,63)23-18-49/h10,12-14,19,24,27-28,31-32,37,42,53H,9,11,15-18,20-23,25-26,29-30H2,1-8H3,(H,52,59)/t32-,37-,42-,48?/m0/s1. The lowest BCUT2D eigenvalue weighted by atomic mass is 9.79. The summed E-state index contributed by atoms with van der Waals surface area (Å²) >= 11 is 1.40. The van der Waals surface area contributed by atoms with Crippen molar-refractivity contribution >= 4 is 56.2 Å². The second-order valence-electron chi connectivity index (χ2n) is 20.2. The number of hydrogen-bond acceptors (Lipinski definition) is 12. The van der Waals surface area contributed by atoms with E-state index in [1.165, 1.54) is 21.2 Å². The number of carbonyl (C=O) groups is 4. The second kappa shape index (κ2) is 19.0. The third kappa shape index (κ3) is 9.52. The van der Waals surface area contributed by atoms with Crippen molar-refractivity contribution in [3.8, 4) is 22.5 Å². The quantitative estimate of drug-likeness (QED) is 0.188. The summed E-state index contributed by atoms with van der Waals surface area (Å²) in [5, 5.41) is 8.14. The van der Waals surface area contributed by atoms with Crippen LogP contribution in [0.3, 0.4) is 0 Å². The van der Waals surface area contributed by atoms with Crippen LogP contribution in [0.25, 0.3) is 33.4 Å². The number of urea groups is 1. The zero-order valence-corrected chi connectivity index (χ0v) is 41.7. The number of hydrazine groups is 1. The number of methoxy groups -OCH3 is 1. The number of hydrogen-bond donors (Lipinski definition) is 2. The van der Waals surface area contributed by atoms with Gasteiger partial charge in [-0.1, -0.05) is 33.8 Å². The summed E-state index contributed by atoms with van der Waals surface area (Å²) in [6.07, 6.45) is 5.49. The van der Waals surface area contributed by atoms with Crippen molar-refractivity contribution in [3.63, 3.8) is 0 Å². The number of nitrogens with zero attached hydrogens (tertiary/aromatic N) is 6. The molecule has 3 aromatic heterocycles. The van der Waals surface area contributed by atoms with Crippen LogP contribution in [-0.2, 0) is 53.1 Å². The summed E-state index contributed by atoms with van der Waals surface area (Å²) in [6, 6.07) is 8.07. The normalized spacial score (nSPS) is 23.6. The molecule has 362 valence electrons. The number of rotatable bonds is 9. The van der Waals surface area contributed by atoms with Crippen LogP contribution in [0.4, 0.5) is 4.79 Å². The van der Waals surface area contributed by atoms with Crippen LogP contribution in [0.1, 0.15) is 96.0 Å². The SMILES string of the molecule is CCn1c(-c2cccnc2[C@H](C)OC)c2c3cc(ccc31)-c1csc(n1)C[C@H](NC(=O)[C@H](C(C)C)N(C)C(=O)N1CCC13CCS(=O)(=O)CC3)C(=O)N1CCCC(C=O)(COCC(C)(C)C2)N1. The first-order valence-electron chi connectivity index (χ1n) is 23.6. The number of likely N-dealkylation sites (tertiary alicyclic amines) is 1. The summed E-state index contributed by atoms with van der Waals surface area (Å²) in [4.78, 5) is 69.7. The third-order valence-corrected chi connectivity index (χ3v) is 17.0. The molecule has 4 atom stereocenters. The number of aldehydes is 1. The van der Waals surface area contributed by atoms with Crippen LogP contribution < -0.4 is 10.7 Å². The minimum absolute atomic E-state index is 0.0225. The molecule has 18 heteroatoms. The van der Waals surface area contributed by atoms with E-state index >= 15 is 0 Å². The fraction of sp³-hybridized carbons (Fsp3) is 0.592. The number of fused-ring (bicyclic) bond motifs is 6. The molecular weight excluding hydrogens is 893 g/mol. The average Bonchev–Trinajstić information content (AvgIpc) is 3.89. The molecule has 1 unspecified atom stereocenters. The predicted molar refractivity (Wildman–Crippen MR) is 258 cm³/mol.